The first-order valence-electron chi connectivity index (χ1n) is 4.17. The molecule has 0 saturated heterocycles. The summed E-state index contributed by atoms with van der Waals surface area (Å²) in [5.74, 6) is 0.539. The molecule has 0 aliphatic carbocycles. The van der Waals surface area contributed by atoms with Gasteiger partial charge in [-0.3, -0.25) is 4.68 Å². The van der Waals surface area contributed by atoms with Crippen LogP contribution < -0.4 is 5.73 Å². The van der Waals surface area contributed by atoms with Gasteiger partial charge in [0.2, 0.25) is 0 Å². The van der Waals surface area contributed by atoms with Crippen molar-refractivity contribution in [1.82, 2.24) is 9.78 Å². The fraction of sp³-hybridized carbons (Fsp3) is 0.222. The zero-order chi connectivity index (χ0) is 10.1. The Morgan fingerprint density at radius 1 is 1.64 bits per heavy atom. The number of anilines is 1. The van der Waals surface area contributed by atoms with E-state index in [1.54, 1.807) is 11.3 Å². The molecule has 2 N–H and O–H groups in total. The van der Waals surface area contributed by atoms with E-state index in [0.717, 1.165) is 11.0 Å². The Balaban J connectivity index is 2.18. The third-order valence-electron chi connectivity index (χ3n) is 1.87. The summed E-state index contributed by atoms with van der Waals surface area (Å²) in [4.78, 5) is 1.32. The molecule has 2 aromatic heterocycles. The molecule has 0 bridgehead atoms. The first kappa shape index (κ1) is 9.73. The van der Waals surface area contributed by atoms with Gasteiger partial charge >= 0.3 is 0 Å². The molecule has 0 aromatic carbocycles. The minimum atomic E-state index is 0.539. The van der Waals surface area contributed by atoms with Crippen molar-refractivity contribution >= 4 is 33.1 Å². The average molecular weight is 272 g/mol. The molecule has 2 heterocycles. The summed E-state index contributed by atoms with van der Waals surface area (Å²) in [6.45, 7) is 2.88. The van der Waals surface area contributed by atoms with Gasteiger partial charge in [-0.1, -0.05) is 0 Å². The van der Waals surface area contributed by atoms with Crippen LogP contribution in [0.3, 0.4) is 0 Å². The molecular formula is C9H10BrN3S. The van der Waals surface area contributed by atoms with Gasteiger partial charge in [0.15, 0.2) is 5.82 Å². The molecule has 0 radical (unpaired) electrons. The van der Waals surface area contributed by atoms with Gasteiger partial charge in [-0.05, 0) is 39.9 Å². The molecule has 0 unspecified atom stereocenters. The number of thiophene rings is 1. The monoisotopic (exact) mass is 271 g/mol. The van der Waals surface area contributed by atoms with Crippen LogP contribution in [0.4, 0.5) is 5.82 Å². The quantitative estimate of drug-likeness (QED) is 0.913. The van der Waals surface area contributed by atoms with Crippen molar-refractivity contribution in [2.75, 3.05) is 5.73 Å². The highest BCUT2D eigenvalue weighted by Gasteiger charge is 2.03. The molecule has 2 aromatic rings. The molecular weight excluding hydrogens is 262 g/mol. The van der Waals surface area contributed by atoms with Gasteiger partial charge in [0.25, 0.3) is 0 Å². The van der Waals surface area contributed by atoms with Crippen molar-refractivity contribution in [2.24, 2.45) is 0 Å². The smallest absolute Gasteiger partial charge is 0.159 e. The van der Waals surface area contributed by atoms with Gasteiger partial charge in [0.1, 0.15) is 0 Å². The van der Waals surface area contributed by atoms with E-state index in [4.69, 9.17) is 5.73 Å². The lowest BCUT2D eigenvalue weighted by atomic mass is 10.3. The maximum atomic E-state index is 5.62. The van der Waals surface area contributed by atoms with Gasteiger partial charge in [-0.15, -0.1) is 11.3 Å². The molecule has 0 spiro atoms. The fourth-order valence-electron chi connectivity index (χ4n) is 1.26. The summed E-state index contributed by atoms with van der Waals surface area (Å²) in [6, 6.07) is 2.16. The molecule has 74 valence electrons. The van der Waals surface area contributed by atoms with E-state index in [2.05, 4.69) is 39.4 Å². The largest absolute Gasteiger partial charge is 0.381 e. The molecule has 14 heavy (non-hydrogen) atoms. The van der Waals surface area contributed by atoms with E-state index >= 15 is 0 Å². The van der Waals surface area contributed by atoms with Crippen LogP contribution in [0, 0.1) is 6.92 Å². The third kappa shape index (κ3) is 1.99. The lowest BCUT2D eigenvalue weighted by molar-refractivity contribution is 0.691. The standard InChI is InChI=1S/C9H10BrN3S/c1-6-2-7(5-14-6)3-13-4-8(10)9(11)12-13/h2,4-5H,3H2,1H3,(H2,11,12). The number of halogens is 1. The lowest BCUT2D eigenvalue weighted by Gasteiger charge is -1.96. The maximum absolute atomic E-state index is 5.62. The second kappa shape index (κ2) is 3.74. The van der Waals surface area contributed by atoms with E-state index in [-0.39, 0.29) is 0 Å². The molecule has 0 aliphatic heterocycles. The molecule has 3 nitrogen and oxygen atoms in total. The van der Waals surface area contributed by atoms with Crippen molar-refractivity contribution in [3.8, 4) is 0 Å². The number of hydrogen-bond acceptors (Lipinski definition) is 3. The molecule has 0 atom stereocenters. The molecule has 0 aliphatic rings. The number of nitrogens with zero attached hydrogens (tertiary/aromatic N) is 2. The molecule has 5 heteroatoms. The van der Waals surface area contributed by atoms with Crippen LogP contribution in [-0.4, -0.2) is 9.78 Å². The first-order chi connectivity index (χ1) is 6.65. The van der Waals surface area contributed by atoms with Crippen LogP contribution in [0.15, 0.2) is 22.1 Å². The molecule has 2 rings (SSSR count). The van der Waals surface area contributed by atoms with Gasteiger partial charge in [-0.2, -0.15) is 5.10 Å². The summed E-state index contributed by atoms with van der Waals surface area (Å²) in [7, 11) is 0. The SMILES string of the molecule is Cc1cc(Cn2cc(Br)c(N)n2)cs1. The van der Waals surface area contributed by atoms with Crippen molar-refractivity contribution < 1.29 is 0 Å². The second-order valence-corrected chi connectivity index (χ2v) is 5.10. The second-order valence-electron chi connectivity index (χ2n) is 3.13. The van der Waals surface area contributed by atoms with Gasteiger partial charge in [0, 0.05) is 11.1 Å². The van der Waals surface area contributed by atoms with E-state index < -0.39 is 0 Å². The van der Waals surface area contributed by atoms with Crippen LogP contribution in [-0.2, 0) is 6.54 Å². The van der Waals surface area contributed by atoms with Crippen molar-refractivity contribution in [1.29, 1.82) is 0 Å². The Morgan fingerprint density at radius 2 is 2.43 bits per heavy atom. The zero-order valence-corrected chi connectivity index (χ0v) is 10.1. The minimum absolute atomic E-state index is 0.539. The van der Waals surface area contributed by atoms with Gasteiger partial charge < -0.3 is 5.73 Å². The summed E-state index contributed by atoms with van der Waals surface area (Å²) in [5, 5.41) is 6.31. The third-order valence-corrected chi connectivity index (χ3v) is 3.39. The van der Waals surface area contributed by atoms with Gasteiger partial charge in [0.05, 0.1) is 11.0 Å². The van der Waals surface area contributed by atoms with E-state index in [1.807, 2.05) is 10.9 Å². The van der Waals surface area contributed by atoms with Crippen LogP contribution in [0.1, 0.15) is 10.4 Å². The Morgan fingerprint density at radius 3 is 2.93 bits per heavy atom. The predicted octanol–water partition coefficient (Wildman–Crippen LogP) is 2.65. The Hall–Kier alpha value is -0.810. The first-order valence-corrected chi connectivity index (χ1v) is 5.85. The summed E-state index contributed by atoms with van der Waals surface area (Å²) in [5.41, 5.74) is 6.89. The number of hydrogen-bond donors (Lipinski definition) is 1. The number of rotatable bonds is 2. The fourth-order valence-corrected chi connectivity index (χ4v) is 2.28. The number of nitrogens with two attached hydrogens (primary N) is 1. The van der Waals surface area contributed by atoms with Crippen LogP contribution in [0.25, 0.3) is 0 Å². The predicted molar refractivity (Wildman–Crippen MR) is 62.5 cm³/mol. The number of nitrogen functional groups attached to an aromatic ring is 1. The Bertz CT molecular complexity index is 427. The van der Waals surface area contributed by atoms with Crippen LogP contribution in [0.5, 0.6) is 0 Å². The maximum Gasteiger partial charge on any atom is 0.159 e. The van der Waals surface area contributed by atoms with Crippen molar-refractivity contribution in [3.05, 3.63) is 32.6 Å². The topological polar surface area (TPSA) is 43.8 Å². The highest BCUT2D eigenvalue weighted by Crippen LogP contribution is 2.19. The Kier molecular flexibility index (Phi) is 2.60. The van der Waals surface area contributed by atoms with Crippen molar-refractivity contribution in [3.63, 3.8) is 0 Å². The normalized spacial score (nSPS) is 10.7. The Labute approximate surface area is 94.7 Å². The van der Waals surface area contributed by atoms with Crippen LogP contribution in [0.2, 0.25) is 0 Å². The van der Waals surface area contributed by atoms with Crippen LogP contribution >= 0.6 is 27.3 Å². The molecule has 0 amide bonds. The van der Waals surface area contributed by atoms with E-state index in [9.17, 15) is 0 Å². The highest BCUT2D eigenvalue weighted by molar-refractivity contribution is 9.10. The van der Waals surface area contributed by atoms with Crippen molar-refractivity contribution in [2.45, 2.75) is 13.5 Å². The van der Waals surface area contributed by atoms with Gasteiger partial charge in [-0.25, -0.2) is 0 Å². The number of aryl methyl sites for hydroxylation is 1. The minimum Gasteiger partial charge on any atom is -0.381 e. The molecule has 0 fully saturated rings. The summed E-state index contributed by atoms with van der Waals surface area (Å²) < 4.78 is 2.69. The zero-order valence-electron chi connectivity index (χ0n) is 7.70. The number of aromatic nitrogens is 2. The summed E-state index contributed by atoms with van der Waals surface area (Å²) >= 11 is 5.08. The highest BCUT2D eigenvalue weighted by atomic mass is 79.9. The lowest BCUT2D eigenvalue weighted by Crippen LogP contribution is -1.99. The van der Waals surface area contributed by atoms with E-state index in [1.165, 1.54) is 10.4 Å². The summed E-state index contributed by atoms with van der Waals surface area (Å²) in [6.07, 6.45) is 1.89. The molecule has 0 saturated carbocycles. The van der Waals surface area contributed by atoms with E-state index in [0.29, 0.717) is 5.82 Å². The average Bonchev–Trinajstić information content (AvgIpc) is 2.62.